The van der Waals surface area contributed by atoms with Crippen LogP contribution in [0.3, 0.4) is 0 Å². The van der Waals surface area contributed by atoms with E-state index in [-0.39, 0.29) is 31.8 Å². The molecule has 41 heavy (non-hydrogen) atoms. The van der Waals surface area contributed by atoms with E-state index >= 15 is 0 Å². The number of aryl methyl sites for hydroxylation is 1. The highest BCUT2D eigenvalue weighted by molar-refractivity contribution is 6.01. The number of urea groups is 1. The number of alkyl halides is 2. The van der Waals surface area contributed by atoms with Gasteiger partial charge in [0.2, 0.25) is 11.8 Å². The van der Waals surface area contributed by atoms with Gasteiger partial charge in [0.15, 0.2) is 0 Å². The maximum absolute atomic E-state index is 14.4. The number of carboxylic acid groups (broad SMARTS) is 1. The minimum absolute atomic E-state index is 0.163. The Morgan fingerprint density at radius 2 is 1.71 bits per heavy atom. The number of piperazine rings is 1. The van der Waals surface area contributed by atoms with Gasteiger partial charge in [-0.3, -0.25) is 19.3 Å². The van der Waals surface area contributed by atoms with Crippen molar-refractivity contribution in [3.8, 4) is 5.75 Å². The van der Waals surface area contributed by atoms with Gasteiger partial charge in [0.1, 0.15) is 11.8 Å². The average Bonchev–Trinajstić information content (AvgIpc) is 3.26. The van der Waals surface area contributed by atoms with E-state index in [0.717, 1.165) is 10.5 Å². The van der Waals surface area contributed by atoms with E-state index in [9.17, 15) is 28.0 Å². The zero-order valence-corrected chi connectivity index (χ0v) is 22.9. The van der Waals surface area contributed by atoms with Crippen LogP contribution in [0.15, 0.2) is 42.5 Å². The molecule has 2 aliphatic heterocycles. The first-order chi connectivity index (χ1) is 19.5. The van der Waals surface area contributed by atoms with Gasteiger partial charge in [-0.1, -0.05) is 24.3 Å². The maximum Gasteiger partial charge on any atom is 0.323 e. The monoisotopic (exact) mass is 573 g/mol. The van der Waals surface area contributed by atoms with Crippen LogP contribution in [0.4, 0.5) is 25.0 Å². The number of para-hydroxylation sites is 1. The van der Waals surface area contributed by atoms with Gasteiger partial charge in [0.05, 0.1) is 32.3 Å². The van der Waals surface area contributed by atoms with Crippen molar-refractivity contribution in [1.29, 1.82) is 0 Å². The average molecular weight is 574 g/mol. The molecule has 0 bridgehead atoms. The largest absolute Gasteiger partial charge is 0.495 e. The number of carbonyl (C=O) groups is 4. The minimum Gasteiger partial charge on any atom is -0.495 e. The topological polar surface area (TPSA) is 132 Å². The van der Waals surface area contributed by atoms with Crippen molar-refractivity contribution < 1.29 is 37.8 Å². The lowest BCUT2D eigenvalue weighted by atomic mass is 10.1. The summed E-state index contributed by atoms with van der Waals surface area (Å²) in [6, 6.07) is 10.1. The van der Waals surface area contributed by atoms with E-state index in [1.165, 1.54) is 18.1 Å². The molecule has 0 spiro atoms. The SMILES string of the molecule is COc1cc(CC(=O)N2CC(F)(F)C[C@H]2C(=O)N2CCN(CC(=O)O)CC2)ccc1NC(=O)Nc1ccccc1C. The van der Waals surface area contributed by atoms with Crippen molar-refractivity contribution in [1.82, 2.24) is 14.7 Å². The standard InChI is InChI=1S/C28H33F2N5O6/c1-18-5-3-4-6-20(18)31-27(40)32-21-8-7-19(13-23(21)41-2)14-24(36)35-17-28(29,30)15-22(35)26(39)34-11-9-33(10-12-34)16-25(37)38/h3-8,13,22H,9-12,14-17H2,1-2H3,(H,37,38)(H2,31,32,40)/t22-/m0/s1. The third-order valence-corrected chi connectivity index (χ3v) is 7.18. The smallest absolute Gasteiger partial charge is 0.323 e. The number of halogens is 2. The Balaban J connectivity index is 1.40. The van der Waals surface area contributed by atoms with Crippen LogP contribution < -0.4 is 15.4 Å². The third-order valence-electron chi connectivity index (χ3n) is 7.18. The lowest BCUT2D eigenvalue weighted by molar-refractivity contribution is -0.145. The Hall–Kier alpha value is -4.26. The molecule has 0 radical (unpaired) electrons. The van der Waals surface area contributed by atoms with Gasteiger partial charge in [0, 0.05) is 38.3 Å². The first-order valence-electron chi connectivity index (χ1n) is 13.2. The molecule has 1 atom stereocenters. The summed E-state index contributed by atoms with van der Waals surface area (Å²) in [6.45, 7) is 1.83. The van der Waals surface area contributed by atoms with Crippen LogP contribution in [0, 0.1) is 6.92 Å². The fourth-order valence-electron chi connectivity index (χ4n) is 5.04. The molecule has 2 aromatic carbocycles. The van der Waals surface area contributed by atoms with Crippen molar-refractivity contribution in [2.24, 2.45) is 0 Å². The molecule has 0 aliphatic carbocycles. The predicted molar refractivity (Wildman–Crippen MR) is 146 cm³/mol. The number of benzene rings is 2. The van der Waals surface area contributed by atoms with Gasteiger partial charge in [0.25, 0.3) is 5.92 Å². The number of rotatable bonds is 8. The summed E-state index contributed by atoms with van der Waals surface area (Å²) in [5.74, 6) is -5.12. The van der Waals surface area contributed by atoms with E-state index < -0.39 is 48.7 Å². The molecular formula is C28H33F2N5O6. The van der Waals surface area contributed by atoms with Gasteiger partial charge in [-0.25, -0.2) is 13.6 Å². The number of amides is 4. The maximum atomic E-state index is 14.4. The lowest BCUT2D eigenvalue weighted by Gasteiger charge is -2.36. The van der Waals surface area contributed by atoms with Gasteiger partial charge in [-0.05, 0) is 36.2 Å². The minimum atomic E-state index is -3.21. The number of carboxylic acids is 1. The molecule has 3 N–H and O–H groups in total. The van der Waals surface area contributed by atoms with E-state index in [2.05, 4.69) is 10.6 Å². The summed E-state index contributed by atoms with van der Waals surface area (Å²) in [7, 11) is 1.40. The number of ether oxygens (including phenoxy) is 1. The zero-order valence-electron chi connectivity index (χ0n) is 22.9. The number of likely N-dealkylation sites (tertiary alicyclic amines) is 1. The summed E-state index contributed by atoms with van der Waals surface area (Å²) in [4.78, 5) is 53.8. The molecule has 4 rings (SSSR count). The Kier molecular flexibility index (Phi) is 9.06. The fraction of sp³-hybridized carbons (Fsp3) is 0.429. The molecule has 0 saturated carbocycles. The van der Waals surface area contributed by atoms with Crippen molar-refractivity contribution in [3.05, 3.63) is 53.6 Å². The van der Waals surface area contributed by atoms with Gasteiger partial charge >= 0.3 is 12.0 Å². The normalized spacial score (nSPS) is 18.6. The van der Waals surface area contributed by atoms with Gasteiger partial charge in [-0.15, -0.1) is 0 Å². The van der Waals surface area contributed by atoms with Crippen LogP contribution in [0.2, 0.25) is 0 Å². The first-order valence-corrected chi connectivity index (χ1v) is 13.2. The number of nitrogens with one attached hydrogen (secondary N) is 2. The van der Waals surface area contributed by atoms with Crippen molar-refractivity contribution in [2.45, 2.75) is 31.7 Å². The highest BCUT2D eigenvalue weighted by Gasteiger charge is 2.51. The highest BCUT2D eigenvalue weighted by Crippen LogP contribution is 2.34. The summed E-state index contributed by atoms with van der Waals surface area (Å²) < 4.78 is 34.3. The molecule has 2 aliphatic rings. The summed E-state index contributed by atoms with van der Waals surface area (Å²) in [5, 5.41) is 14.4. The number of nitrogens with zero attached hydrogens (tertiary/aromatic N) is 3. The summed E-state index contributed by atoms with van der Waals surface area (Å²) >= 11 is 0. The second kappa shape index (κ2) is 12.5. The van der Waals surface area contributed by atoms with Crippen LogP contribution in [0.5, 0.6) is 5.75 Å². The van der Waals surface area contributed by atoms with Crippen LogP contribution in [0.1, 0.15) is 17.5 Å². The van der Waals surface area contributed by atoms with Crippen LogP contribution in [-0.2, 0) is 20.8 Å². The van der Waals surface area contributed by atoms with E-state index in [0.29, 0.717) is 30.0 Å². The lowest BCUT2D eigenvalue weighted by Crippen LogP contribution is -2.55. The molecule has 0 aromatic heterocycles. The Labute approximate surface area is 236 Å². The summed E-state index contributed by atoms with van der Waals surface area (Å²) in [6.07, 6.45) is -1.02. The molecule has 0 unspecified atom stereocenters. The van der Waals surface area contributed by atoms with Crippen molar-refractivity contribution in [2.75, 3.05) is 57.0 Å². The number of methoxy groups -OCH3 is 1. The molecule has 13 heteroatoms. The number of carbonyl (C=O) groups excluding carboxylic acids is 3. The number of hydrogen-bond donors (Lipinski definition) is 3. The van der Waals surface area contributed by atoms with Crippen LogP contribution in [0.25, 0.3) is 0 Å². The third kappa shape index (κ3) is 7.48. The zero-order chi connectivity index (χ0) is 29.7. The predicted octanol–water partition coefficient (Wildman–Crippen LogP) is 2.66. The Morgan fingerprint density at radius 1 is 1.02 bits per heavy atom. The van der Waals surface area contributed by atoms with Crippen molar-refractivity contribution in [3.63, 3.8) is 0 Å². The van der Waals surface area contributed by atoms with Gasteiger partial charge < -0.3 is 30.3 Å². The molecule has 2 aromatic rings. The Morgan fingerprint density at radius 3 is 2.37 bits per heavy atom. The number of aliphatic carboxylic acids is 1. The van der Waals surface area contributed by atoms with Gasteiger partial charge in [-0.2, -0.15) is 0 Å². The Bertz CT molecular complexity index is 1310. The fourth-order valence-corrected chi connectivity index (χ4v) is 5.04. The van der Waals surface area contributed by atoms with E-state index in [1.54, 1.807) is 29.2 Å². The first kappa shape index (κ1) is 29.7. The quantitative estimate of drug-likeness (QED) is 0.443. The van der Waals surface area contributed by atoms with Crippen LogP contribution >= 0.6 is 0 Å². The van der Waals surface area contributed by atoms with Crippen LogP contribution in [-0.4, -0.2) is 102 Å². The van der Waals surface area contributed by atoms with Crippen molar-refractivity contribution >= 4 is 35.2 Å². The van der Waals surface area contributed by atoms with E-state index in [4.69, 9.17) is 9.84 Å². The molecular weight excluding hydrogens is 540 g/mol. The second-order valence-corrected chi connectivity index (χ2v) is 10.2. The van der Waals surface area contributed by atoms with E-state index in [1.807, 2.05) is 19.1 Å². The number of hydrogen-bond acceptors (Lipinski definition) is 6. The number of anilines is 2. The molecule has 4 amide bonds. The molecule has 11 nitrogen and oxygen atoms in total. The molecule has 220 valence electrons. The molecule has 2 heterocycles. The highest BCUT2D eigenvalue weighted by atomic mass is 19.3. The molecule has 2 fully saturated rings. The summed E-state index contributed by atoms with van der Waals surface area (Å²) in [5.41, 5.74) is 2.33. The second-order valence-electron chi connectivity index (χ2n) is 10.2. The molecule has 2 saturated heterocycles.